The molecule has 0 saturated heterocycles. The van der Waals surface area contributed by atoms with E-state index >= 15 is 0 Å². The van der Waals surface area contributed by atoms with E-state index in [2.05, 4.69) is 26.3 Å². The molecule has 7 nitrogen and oxygen atoms in total. The Morgan fingerprint density at radius 2 is 1.79 bits per heavy atom. The average Bonchev–Trinajstić information content (AvgIpc) is 2.82. The predicted octanol–water partition coefficient (Wildman–Crippen LogP) is 5.51. The van der Waals surface area contributed by atoms with Crippen LogP contribution >= 0.6 is 15.9 Å². The zero-order chi connectivity index (χ0) is 24.0. The summed E-state index contributed by atoms with van der Waals surface area (Å²) < 4.78 is 24.9. The minimum atomic E-state index is -0.553. The molecule has 0 bridgehead atoms. The third kappa shape index (κ3) is 5.56. The van der Waals surface area contributed by atoms with Crippen molar-refractivity contribution in [3.8, 4) is 11.5 Å². The van der Waals surface area contributed by atoms with Crippen LogP contribution in [0.4, 0.5) is 15.8 Å². The number of nitrogens with one attached hydrogen (secondary N) is 1. The van der Waals surface area contributed by atoms with Crippen molar-refractivity contribution in [1.82, 2.24) is 0 Å². The predicted molar refractivity (Wildman–Crippen MR) is 129 cm³/mol. The van der Waals surface area contributed by atoms with Crippen molar-refractivity contribution < 1.29 is 23.5 Å². The van der Waals surface area contributed by atoms with Crippen molar-refractivity contribution in [2.24, 2.45) is 5.10 Å². The molecule has 9 heteroatoms. The summed E-state index contributed by atoms with van der Waals surface area (Å²) in [4.78, 5) is 26.3. The maximum absolute atomic E-state index is 13.8. The molecule has 0 aliphatic heterocycles. The van der Waals surface area contributed by atoms with Crippen LogP contribution in [0.25, 0.3) is 0 Å². The highest BCUT2D eigenvalue weighted by Gasteiger charge is 2.22. The van der Waals surface area contributed by atoms with Gasteiger partial charge in [-0.3, -0.25) is 9.59 Å². The maximum Gasteiger partial charge on any atom is 0.280 e. The Morgan fingerprint density at radius 1 is 1.03 bits per heavy atom. The smallest absolute Gasteiger partial charge is 0.280 e. The lowest BCUT2D eigenvalue weighted by atomic mass is 10.1. The number of benzene rings is 3. The zero-order valence-corrected chi connectivity index (χ0v) is 19.7. The molecule has 170 valence electrons. The quantitative estimate of drug-likeness (QED) is 0.333. The number of amides is 2. The van der Waals surface area contributed by atoms with E-state index in [1.807, 2.05) is 0 Å². The third-order valence-corrected chi connectivity index (χ3v) is 5.08. The van der Waals surface area contributed by atoms with Gasteiger partial charge in [-0.15, -0.1) is 0 Å². The van der Waals surface area contributed by atoms with Crippen molar-refractivity contribution in [2.75, 3.05) is 24.5 Å². The first kappa shape index (κ1) is 23.9. The monoisotopic (exact) mass is 513 g/mol. The van der Waals surface area contributed by atoms with Crippen LogP contribution in [0.3, 0.4) is 0 Å². The van der Waals surface area contributed by atoms with Crippen LogP contribution in [-0.4, -0.2) is 32.2 Å². The highest BCUT2D eigenvalue weighted by atomic mass is 79.9. The Hall–Kier alpha value is -3.72. The molecule has 0 spiro atoms. The molecule has 0 heterocycles. The number of hydrogen-bond donors (Lipinski definition) is 1. The summed E-state index contributed by atoms with van der Waals surface area (Å²) >= 11 is 3.35. The van der Waals surface area contributed by atoms with E-state index in [4.69, 9.17) is 9.47 Å². The van der Waals surface area contributed by atoms with Gasteiger partial charge in [-0.25, -0.2) is 4.39 Å². The van der Waals surface area contributed by atoms with Crippen molar-refractivity contribution in [2.45, 2.75) is 6.92 Å². The molecular formula is C24H21BrFN3O4. The molecule has 0 fully saturated rings. The molecule has 0 aliphatic carbocycles. The molecule has 3 aromatic carbocycles. The van der Waals surface area contributed by atoms with Crippen molar-refractivity contribution in [3.63, 3.8) is 0 Å². The van der Waals surface area contributed by atoms with Gasteiger partial charge in [0.25, 0.3) is 11.8 Å². The molecule has 0 aromatic heterocycles. The molecule has 0 atom stereocenters. The van der Waals surface area contributed by atoms with Gasteiger partial charge in [-0.05, 0) is 61.5 Å². The number of hydrazone groups is 1. The Bertz CT molecular complexity index is 1220. The summed E-state index contributed by atoms with van der Waals surface area (Å²) in [6.45, 7) is 1.64. The molecular weight excluding hydrogens is 493 g/mol. The van der Waals surface area contributed by atoms with Gasteiger partial charge in [0.2, 0.25) is 0 Å². The number of carbonyl (C=O) groups excluding carboxylic acids is 2. The van der Waals surface area contributed by atoms with Crippen molar-refractivity contribution >= 4 is 45.3 Å². The lowest BCUT2D eigenvalue weighted by Crippen LogP contribution is -2.27. The van der Waals surface area contributed by atoms with Gasteiger partial charge in [0.1, 0.15) is 5.82 Å². The van der Waals surface area contributed by atoms with Gasteiger partial charge in [0, 0.05) is 16.3 Å². The Morgan fingerprint density at radius 3 is 2.45 bits per heavy atom. The lowest BCUT2D eigenvalue weighted by molar-refractivity contribution is 0.0988. The van der Waals surface area contributed by atoms with Crippen LogP contribution in [0.1, 0.15) is 27.6 Å². The van der Waals surface area contributed by atoms with E-state index in [1.54, 1.807) is 43.3 Å². The first-order chi connectivity index (χ1) is 15.9. The Kier molecular flexibility index (Phi) is 7.78. The second-order valence-electron chi connectivity index (χ2n) is 6.68. The van der Waals surface area contributed by atoms with E-state index in [0.29, 0.717) is 21.5 Å². The van der Waals surface area contributed by atoms with Gasteiger partial charge < -0.3 is 14.8 Å². The maximum atomic E-state index is 13.8. The molecule has 2 amide bonds. The molecule has 33 heavy (non-hydrogen) atoms. The van der Waals surface area contributed by atoms with Crippen LogP contribution in [0.2, 0.25) is 0 Å². The van der Waals surface area contributed by atoms with Gasteiger partial charge in [-0.1, -0.05) is 22.0 Å². The van der Waals surface area contributed by atoms with Crippen LogP contribution in [0.5, 0.6) is 11.5 Å². The molecule has 3 rings (SSSR count). The van der Waals surface area contributed by atoms with Crippen LogP contribution in [0, 0.1) is 5.82 Å². The summed E-state index contributed by atoms with van der Waals surface area (Å²) in [6, 6.07) is 15.1. The van der Waals surface area contributed by atoms with Gasteiger partial charge >= 0.3 is 0 Å². The number of rotatable bonds is 7. The highest BCUT2D eigenvalue weighted by Crippen LogP contribution is 2.29. The minimum absolute atomic E-state index is 0.160. The zero-order valence-electron chi connectivity index (χ0n) is 18.1. The first-order valence-electron chi connectivity index (χ1n) is 9.79. The Balaban J connectivity index is 1.97. The fraction of sp³-hybridized carbons (Fsp3) is 0.125. The molecule has 0 radical (unpaired) electrons. The molecule has 3 aromatic rings. The molecule has 1 N–H and O–H groups in total. The summed E-state index contributed by atoms with van der Waals surface area (Å²) in [6.07, 6.45) is 1.42. The number of anilines is 2. The second-order valence-corrected chi connectivity index (χ2v) is 7.60. The summed E-state index contributed by atoms with van der Waals surface area (Å²) in [5, 5.41) is 7.92. The Labute approximate surface area is 198 Å². The topological polar surface area (TPSA) is 80.2 Å². The molecule has 0 saturated carbocycles. The minimum Gasteiger partial charge on any atom is -0.493 e. The standard InChI is InChI=1S/C24H21BrFN3O4/c1-4-27-29(18-7-5-6-17(26)14-18)24(31)19-13-16(25)9-10-20(19)28-23(30)15-8-11-21(32-2)22(12-15)33-3/h4-14H,1-3H3,(H,28,30). The summed E-state index contributed by atoms with van der Waals surface area (Å²) in [7, 11) is 2.97. The molecule has 0 unspecified atom stereocenters. The van der Waals surface area contributed by atoms with Crippen LogP contribution < -0.4 is 19.8 Å². The number of halogens is 2. The van der Waals surface area contributed by atoms with E-state index in [0.717, 1.165) is 5.01 Å². The average molecular weight is 514 g/mol. The fourth-order valence-corrected chi connectivity index (χ4v) is 3.41. The third-order valence-electron chi connectivity index (χ3n) is 4.58. The van der Waals surface area contributed by atoms with E-state index in [1.165, 1.54) is 44.7 Å². The molecule has 0 aliphatic rings. The first-order valence-corrected chi connectivity index (χ1v) is 10.6. The second kappa shape index (κ2) is 10.7. The van der Waals surface area contributed by atoms with Crippen LogP contribution in [-0.2, 0) is 0 Å². The van der Waals surface area contributed by atoms with Gasteiger partial charge in [0.15, 0.2) is 11.5 Å². The number of ether oxygens (including phenoxy) is 2. The van der Waals surface area contributed by atoms with Crippen molar-refractivity contribution in [1.29, 1.82) is 0 Å². The van der Waals surface area contributed by atoms with E-state index in [-0.39, 0.29) is 16.9 Å². The number of methoxy groups -OCH3 is 2. The normalized spacial score (nSPS) is 10.7. The van der Waals surface area contributed by atoms with Crippen molar-refractivity contribution in [3.05, 3.63) is 82.1 Å². The van der Waals surface area contributed by atoms with E-state index < -0.39 is 17.6 Å². The summed E-state index contributed by atoms with van der Waals surface area (Å²) in [5.41, 5.74) is 0.974. The number of hydrogen-bond acceptors (Lipinski definition) is 5. The highest BCUT2D eigenvalue weighted by molar-refractivity contribution is 9.10. The number of carbonyl (C=O) groups is 2. The fourth-order valence-electron chi connectivity index (χ4n) is 3.05. The van der Waals surface area contributed by atoms with Gasteiger partial charge in [-0.2, -0.15) is 10.1 Å². The SMILES string of the molecule is CC=NN(C(=O)c1cc(Br)ccc1NC(=O)c1ccc(OC)c(OC)c1)c1cccc(F)c1. The number of nitrogens with zero attached hydrogens (tertiary/aromatic N) is 2. The summed E-state index contributed by atoms with van der Waals surface area (Å²) in [5.74, 6) is -0.636. The van der Waals surface area contributed by atoms with Crippen LogP contribution in [0.15, 0.2) is 70.2 Å². The lowest BCUT2D eigenvalue weighted by Gasteiger charge is -2.19. The largest absolute Gasteiger partial charge is 0.493 e. The van der Waals surface area contributed by atoms with Gasteiger partial charge in [0.05, 0.1) is 31.2 Å². The van der Waals surface area contributed by atoms with E-state index in [9.17, 15) is 14.0 Å².